The monoisotopic (exact) mass is 239 g/mol. The Morgan fingerprint density at radius 2 is 1.73 bits per heavy atom. The van der Waals surface area contributed by atoms with Gasteiger partial charge in [-0.2, -0.15) is 4.98 Å². The van der Waals surface area contributed by atoms with Crippen molar-refractivity contribution in [1.29, 1.82) is 0 Å². The van der Waals surface area contributed by atoms with Gasteiger partial charge in [0.15, 0.2) is 5.82 Å². The van der Waals surface area contributed by atoms with Gasteiger partial charge in [-0.25, -0.2) is 9.97 Å². The Morgan fingerprint density at radius 3 is 2.40 bits per heavy atom. The molecule has 2 aromatic rings. The van der Waals surface area contributed by atoms with Gasteiger partial charge in [-0.3, -0.25) is 0 Å². The van der Waals surface area contributed by atoms with E-state index in [2.05, 4.69) is 15.0 Å². The fraction of sp³-hybridized carbons (Fsp3) is 0.100. The van der Waals surface area contributed by atoms with Crippen molar-refractivity contribution in [2.24, 2.45) is 0 Å². The van der Waals surface area contributed by atoms with Gasteiger partial charge >= 0.3 is 0 Å². The van der Waals surface area contributed by atoms with Crippen LogP contribution in [0.25, 0.3) is 11.4 Å². The van der Waals surface area contributed by atoms with E-state index in [0.717, 1.165) is 5.56 Å². The Morgan fingerprint density at radius 1 is 1.00 bits per heavy atom. The molecule has 0 N–H and O–H groups in total. The average molecular weight is 240 g/mol. The topological polar surface area (TPSA) is 38.7 Å². The SMILES string of the molecule is ClCc1nc(Cl)nc(-c2ccccc2)n1. The van der Waals surface area contributed by atoms with Crippen LogP contribution in [0.4, 0.5) is 0 Å². The van der Waals surface area contributed by atoms with Crippen molar-refractivity contribution >= 4 is 23.2 Å². The zero-order valence-electron chi connectivity index (χ0n) is 7.69. The molecule has 3 nitrogen and oxygen atoms in total. The standard InChI is InChI=1S/C10H7Cl2N3/c11-6-8-13-9(15-10(12)14-8)7-4-2-1-3-5-7/h1-5H,6H2. The van der Waals surface area contributed by atoms with Crippen LogP contribution in [0, 0.1) is 0 Å². The van der Waals surface area contributed by atoms with Crippen molar-refractivity contribution in [2.45, 2.75) is 5.88 Å². The molecule has 1 aromatic carbocycles. The lowest BCUT2D eigenvalue weighted by Gasteiger charge is -2.01. The lowest BCUT2D eigenvalue weighted by Crippen LogP contribution is -1.98. The molecule has 5 heteroatoms. The van der Waals surface area contributed by atoms with Crippen LogP contribution in [-0.4, -0.2) is 15.0 Å². The van der Waals surface area contributed by atoms with E-state index in [1.165, 1.54) is 0 Å². The van der Waals surface area contributed by atoms with E-state index < -0.39 is 0 Å². The number of rotatable bonds is 2. The molecule has 0 fully saturated rings. The third-order valence-corrected chi connectivity index (χ3v) is 2.21. The highest BCUT2D eigenvalue weighted by Crippen LogP contribution is 2.16. The second-order valence-electron chi connectivity index (χ2n) is 2.84. The van der Waals surface area contributed by atoms with E-state index in [0.29, 0.717) is 11.6 Å². The molecule has 76 valence electrons. The van der Waals surface area contributed by atoms with Crippen LogP contribution in [0.5, 0.6) is 0 Å². The summed E-state index contributed by atoms with van der Waals surface area (Å²) in [5, 5.41) is 0.166. The normalized spacial score (nSPS) is 10.3. The van der Waals surface area contributed by atoms with E-state index >= 15 is 0 Å². The minimum atomic E-state index is 0.166. The smallest absolute Gasteiger partial charge is 0.212 e. The summed E-state index contributed by atoms with van der Waals surface area (Å²) in [5.74, 6) is 1.25. The molecule has 1 aromatic heterocycles. The minimum absolute atomic E-state index is 0.166. The van der Waals surface area contributed by atoms with Gasteiger partial charge in [0.1, 0.15) is 5.82 Å². The van der Waals surface area contributed by atoms with Gasteiger partial charge in [0.25, 0.3) is 0 Å². The third kappa shape index (κ3) is 2.43. The van der Waals surface area contributed by atoms with Crippen LogP contribution in [0.15, 0.2) is 30.3 Å². The van der Waals surface area contributed by atoms with Crippen LogP contribution in [-0.2, 0) is 5.88 Å². The van der Waals surface area contributed by atoms with Gasteiger partial charge in [-0.15, -0.1) is 11.6 Å². The van der Waals surface area contributed by atoms with Crippen molar-refractivity contribution in [3.63, 3.8) is 0 Å². The molecule has 0 aliphatic heterocycles. The Hall–Kier alpha value is -1.19. The van der Waals surface area contributed by atoms with Gasteiger partial charge in [-0.1, -0.05) is 30.3 Å². The first-order valence-corrected chi connectivity index (χ1v) is 5.22. The number of aromatic nitrogens is 3. The fourth-order valence-corrected chi connectivity index (χ4v) is 1.46. The highest BCUT2D eigenvalue weighted by molar-refractivity contribution is 6.28. The molecule has 15 heavy (non-hydrogen) atoms. The number of hydrogen-bond donors (Lipinski definition) is 0. The highest BCUT2D eigenvalue weighted by Gasteiger charge is 2.05. The van der Waals surface area contributed by atoms with Gasteiger partial charge in [0.2, 0.25) is 5.28 Å². The molecule has 0 saturated heterocycles. The van der Waals surface area contributed by atoms with Gasteiger partial charge in [0.05, 0.1) is 5.88 Å². The number of hydrogen-bond acceptors (Lipinski definition) is 3. The van der Waals surface area contributed by atoms with E-state index in [1.54, 1.807) is 0 Å². The quantitative estimate of drug-likeness (QED) is 0.757. The molecule has 0 aliphatic rings. The largest absolute Gasteiger partial charge is 0.226 e. The number of alkyl halides is 1. The Balaban J connectivity index is 2.49. The minimum Gasteiger partial charge on any atom is -0.212 e. The summed E-state index contributed by atoms with van der Waals surface area (Å²) in [5.41, 5.74) is 0.896. The molecular weight excluding hydrogens is 233 g/mol. The molecule has 0 spiro atoms. The second-order valence-corrected chi connectivity index (χ2v) is 3.45. The summed E-state index contributed by atoms with van der Waals surface area (Å²) >= 11 is 11.4. The van der Waals surface area contributed by atoms with E-state index in [-0.39, 0.29) is 11.2 Å². The number of benzene rings is 1. The summed E-state index contributed by atoms with van der Waals surface area (Å²) in [7, 11) is 0. The van der Waals surface area contributed by atoms with Crippen LogP contribution < -0.4 is 0 Å². The highest BCUT2D eigenvalue weighted by atomic mass is 35.5. The molecule has 0 atom stereocenters. The molecule has 0 bridgehead atoms. The van der Waals surface area contributed by atoms with Crippen molar-refractivity contribution in [3.8, 4) is 11.4 Å². The van der Waals surface area contributed by atoms with E-state index in [9.17, 15) is 0 Å². The third-order valence-electron chi connectivity index (χ3n) is 1.81. The van der Waals surface area contributed by atoms with Crippen LogP contribution in [0.1, 0.15) is 5.82 Å². The Labute approximate surface area is 97.1 Å². The second kappa shape index (κ2) is 4.55. The van der Waals surface area contributed by atoms with Crippen LogP contribution >= 0.6 is 23.2 Å². The summed E-state index contributed by atoms with van der Waals surface area (Å²) in [4.78, 5) is 12.1. The lowest BCUT2D eigenvalue weighted by molar-refractivity contribution is 0.968. The Kier molecular flexibility index (Phi) is 3.14. The average Bonchev–Trinajstić information content (AvgIpc) is 2.29. The van der Waals surface area contributed by atoms with Crippen LogP contribution in [0.2, 0.25) is 5.28 Å². The van der Waals surface area contributed by atoms with Gasteiger partial charge in [-0.05, 0) is 11.6 Å². The zero-order chi connectivity index (χ0) is 10.7. The Bertz CT molecular complexity index is 459. The number of halogens is 2. The molecule has 0 unspecified atom stereocenters. The maximum Gasteiger partial charge on any atom is 0.226 e. The fourth-order valence-electron chi connectivity index (χ4n) is 1.17. The lowest BCUT2D eigenvalue weighted by atomic mass is 10.2. The molecule has 1 heterocycles. The van der Waals surface area contributed by atoms with Crippen molar-refractivity contribution in [2.75, 3.05) is 0 Å². The zero-order valence-corrected chi connectivity index (χ0v) is 9.20. The molecule has 0 saturated carbocycles. The van der Waals surface area contributed by atoms with Crippen molar-refractivity contribution in [1.82, 2.24) is 15.0 Å². The van der Waals surface area contributed by atoms with E-state index in [1.807, 2.05) is 30.3 Å². The van der Waals surface area contributed by atoms with Crippen molar-refractivity contribution in [3.05, 3.63) is 41.4 Å². The van der Waals surface area contributed by atoms with Crippen LogP contribution in [0.3, 0.4) is 0 Å². The summed E-state index contributed by atoms with van der Waals surface area (Å²) in [6.45, 7) is 0. The van der Waals surface area contributed by atoms with Crippen molar-refractivity contribution < 1.29 is 0 Å². The predicted octanol–water partition coefficient (Wildman–Crippen LogP) is 2.93. The molecule has 0 aliphatic carbocycles. The van der Waals surface area contributed by atoms with Gasteiger partial charge < -0.3 is 0 Å². The first-order chi connectivity index (χ1) is 7.29. The summed E-state index contributed by atoms with van der Waals surface area (Å²) < 4.78 is 0. The summed E-state index contributed by atoms with van der Waals surface area (Å²) in [6, 6.07) is 9.56. The molecule has 0 amide bonds. The molecule has 0 radical (unpaired) electrons. The first kappa shape index (κ1) is 10.3. The van der Waals surface area contributed by atoms with E-state index in [4.69, 9.17) is 23.2 Å². The summed E-state index contributed by atoms with van der Waals surface area (Å²) in [6.07, 6.45) is 0. The number of nitrogens with zero attached hydrogens (tertiary/aromatic N) is 3. The predicted molar refractivity (Wildman–Crippen MR) is 59.8 cm³/mol. The molecule has 2 rings (SSSR count). The maximum absolute atomic E-state index is 5.76. The maximum atomic E-state index is 5.76. The first-order valence-electron chi connectivity index (χ1n) is 4.31. The van der Waals surface area contributed by atoms with Gasteiger partial charge in [0, 0.05) is 5.56 Å². The molecular formula is C10H7Cl2N3.